The lowest BCUT2D eigenvalue weighted by atomic mass is 10.2. The van der Waals surface area contributed by atoms with Crippen molar-refractivity contribution in [3.8, 4) is 5.75 Å². The monoisotopic (exact) mass is 512 g/mol. The van der Waals surface area contributed by atoms with E-state index < -0.39 is 0 Å². The molecule has 0 aliphatic carbocycles. The number of hydrogen-bond acceptors (Lipinski definition) is 4. The van der Waals surface area contributed by atoms with E-state index in [9.17, 15) is 9.00 Å². The summed E-state index contributed by atoms with van der Waals surface area (Å²) in [5.74, 6) is 0.768. The Balaban J connectivity index is 0.000000244. The van der Waals surface area contributed by atoms with Gasteiger partial charge < -0.3 is 15.5 Å². The van der Waals surface area contributed by atoms with E-state index in [2.05, 4.69) is 36.8 Å². The number of nitrogen functional groups attached to an aromatic ring is 1. The molecule has 27 heavy (non-hydrogen) atoms. The zero-order chi connectivity index (χ0) is 19.6. The van der Waals surface area contributed by atoms with Crippen LogP contribution in [0.3, 0.4) is 0 Å². The minimum absolute atomic E-state index is 0.109. The van der Waals surface area contributed by atoms with E-state index in [1.54, 1.807) is 11.4 Å². The number of hydrogen-bond donors (Lipinski definition) is 2. The predicted octanol–water partition coefficient (Wildman–Crippen LogP) is 4.50. The lowest BCUT2D eigenvalue weighted by Gasteiger charge is -2.06. The van der Waals surface area contributed by atoms with Crippen LogP contribution in [0.5, 0.6) is 5.75 Å². The standard InChI is InChI=1S/C13H13NO3S.C6H5Br2N/c15-13-6-3-10-9-11(4-5-12(10)14-13)17-7-1-2-8-18-16;7-4-2-1-3-5(8)6(4)9/h3-6,8-9H,1-2,7H2,(H,14,15);1-3H,9H2. The van der Waals surface area contributed by atoms with Gasteiger partial charge >= 0.3 is 0 Å². The average Bonchev–Trinajstić information content (AvgIpc) is 2.66. The van der Waals surface area contributed by atoms with Crippen molar-refractivity contribution in [2.75, 3.05) is 12.3 Å². The Morgan fingerprint density at radius 3 is 2.52 bits per heavy atom. The topological polar surface area (TPSA) is 85.2 Å². The van der Waals surface area contributed by atoms with Crippen molar-refractivity contribution < 1.29 is 8.95 Å². The van der Waals surface area contributed by atoms with Gasteiger partial charge in [0.2, 0.25) is 5.56 Å². The molecule has 0 saturated heterocycles. The van der Waals surface area contributed by atoms with Crippen LogP contribution in [0.1, 0.15) is 12.8 Å². The molecule has 2 aromatic carbocycles. The Morgan fingerprint density at radius 1 is 1.11 bits per heavy atom. The van der Waals surface area contributed by atoms with Crippen LogP contribution in [0.25, 0.3) is 10.9 Å². The summed E-state index contributed by atoms with van der Waals surface area (Å²) < 4.78 is 17.6. The number of rotatable bonds is 5. The second-order valence-electron chi connectivity index (χ2n) is 5.46. The number of benzene rings is 2. The molecule has 1 aromatic heterocycles. The van der Waals surface area contributed by atoms with E-state index in [-0.39, 0.29) is 5.56 Å². The maximum absolute atomic E-state index is 11.1. The van der Waals surface area contributed by atoms with Gasteiger partial charge in [-0.25, -0.2) is 4.21 Å². The zero-order valence-corrected chi connectivity index (χ0v) is 18.3. The normalized spacial score (nSPS) is 10.0. The van der Waals surface area contributed by atoms with Crippen molar-refractivity contribution in [1.29, 1.82) is 0 Å². The highest BCUT2D eigenvalue weighted by Crippen LogP contribution is 2.26. The molecule has 8 heteroatoms. The van der Waals surface area contributed by atoms with E-state index in [0.29, 0.717) is 17.9 Å². The molecule has 5 nitrogen and oxygen atoms in total. The molecule has 0 amide bonds. The highest BCUT2D eigenvalue weighted by Gasteiger charge is 1.98. The second kappa shape index (κ2) is 11.1. The van der Waals surface area contributed by atoms with Gasteiger partial charge in [-0.05, 0) is 81.1 Å². The molecule has 0 fully saturated rings. The fraction of sp³-hybridized carbons (Fsp3) is 0.158. The molecule has 0 bridgehead atoms. The van der Waals surface area contributed by atoms with Crippen molar-refractivity contribution in [3.63, 3.8) is 0 Å². The van der Waals surface area contributed by atoms with Gasteiger partial charge in [-0.15, -0.1) is 0 Å². The Hall–Kier alpha value is -1.90. The molecule has 142 valence electrons. The molecule has 0 unspecified atom stereocenters. The van der Waals surface area contributed by atoms with Crippen molar-refractivity contribution in [3.05, 3.63) is 67.8 Å². The number of fused-ring (bicyclic) bond motifs is 1. The molecule has 3 rings (SSSR count). The van der Waals surface area contributed by atoms with E-state index in [0.717, 1.165) is 44.1 Å². The van der Waals surface area contributed by atoms with E-state index in [4.69, 9.17) is 10.5 Å². The molecule has 0 aliphatic rings. The summed E-state index contributed by atoms with van der Waals surface area (Å²) in [5, 5.41) is 2.56. The molecule has 3 aromatic rings. The Bertz CT molecular complexity index is 997. The van der Waals surface area contributed by atoms with Crippen LogP contribution in [0.2, 0.25) is 0 Å². The van der Waals surface area contributed by atoms with Crippen LogP contribution >= 0.6 is 31.9 Å². The molecule has 0 radical (unpaired) electrons. The number of pyridine rings is 1. The fourth-order valence-corrected chi connectivity index (χ4v) is 3.40. The first kappa shape index (κ1) is 21.4. The molecule has 0 spiro atoms. The zero-order valence-electron chi connectivity index (χ0n) is 14.3. The number of ether oxygens (including phenoxy) is 1. The third kappa shape index (κ3) is 6.97. The first-order valence-electron chi connectivity index (χ1n) is 8.07. The van der Waals surface area contributed by atoms with Gasteiger partial charge in [-0.2, -0.15) is 0 Å². The minimum Gasteiger partial charge on any atom is -0.494 e. The maximum Gasteiger partial charge on any atom is 0.248 e. The number of nitrogens with one attached hydrogen (secondary N) is 1. The van der Waals surface area contributed by atoms with Crippen molar-refractivity contribution in [1.82, 2.24) is 4.98 Å². The molecule has 1 heterocycles. The summed E-state index contributed by atoms with van der Waals surface area (Å²) in [4.78, 5) is 13.9. The van der Waals surface area contributed by atoms with Gasteiger partial charge in [0.05, 0.1) is 23.5 Å². The summed E-state index contributed by atoms with van der Waals surface area (Å²) in [5.41, 5.74) is 7.02. The first-order chi connectivity index (χ1) is 13.0. The van der Waals surface area contributed by atoms with Crippen LogP contribution in [-0.4, -0.2) is 21.2 Å². The van der Waals surface area contributed by atoms with Crippen LogP contribution in [0, 0.1) is 0 Å². The van der Waals surface area contributed by atoms with Crippen LogP contribution < -0.4 is 16.0 Å². The van der Waals surface area contributed by atoms with Crippen LogP contribution in [0.4, 0.5) is 5.69 Å². The summed E-state index contributed by atoms with van der Waals surface area (Å²) in [7, 11) is 0. The SMILES string of the molecule is Nc1c(Br)cccc1Br.O=S=CCCCOc1ccc2[nH]c(=O)ccc2c1. The summed E-state index contributed by atoms with van der Waals surface area (Å²) in [6, 6.07) is 14.5. The largest absolute Gasteiger partial charge is 0.494 e. The molecule has 0 atom stereocenters. The molecular formula is C19H18Br2N2O3S. The van der Waals surface area contributed by atoms with Gasteiger partial charge in [-0.3, -0.25) is 4.79 Å². The summed E-state index contributed by atoms with van der Waals surface area (Å²) in [6.07, 6.45) is 1.56. The van der Waals surface area contributed by atoms with Crippen molar-refractivity contribution in [2.24, 2.45) is 0 Å². The van der Waals surface area contributed by atoms with Crippen molar-refractivity contribution >= 4 is 65.1 Å². The minimum atomic E-state index is -0.109. The number of aromatic amines is 1. The number of aromatic nitrogens is 1. The second-order valence-corrected chi connectivity index (χ2v) is 7.70. The van der Waals surface area contributed by atoms with E-state index in [1.807, 2.05) is 36.4 Å². The number of anilines is 1. The predicted molar refractivity (Wildman–Crippen MR) is 120 cm³/mol. The van der Waals surface area contributed by atoms with Crippen molar-refractivity contribution in [2.45, 2.75) is 12.8 Å². The van der Waals surface area contributed by atoms with E-state index >= 15 is 0 Å². The lowest BCUT2D eigenvalue weighted by Crippen LogP contribution is -2.02. The quantitative estimate of drug-likeness (QED) is 0.299. The smallest absolute Gasteiger partial charge is 0.248 e. The number of H-pyrrole nitrogens is 1. The Kier molecular flexibility index (Phi) is 8.77. The number of para-hydroxylation sites is 1. The maximum atomic E-state index is 11.1. The molecular weight excluding hydrogens is 496 g/mol. The van der Waals surface area contributed by atoms with Gasteiger partial charge in [-0.1, -0.05) is 6.07 Å². The highest BCUT2D eigenvalue weighted by atomic mass is 79.9. The van der Waals surface area contributed by atoms with Crippen LogP contribution in [0.15, 0.2) is 62.3 Å². The first-order valence-corrected chi connectivity index (χ1v) is 10.5. The number of halogens is 2. The van der Waals surface area contributed by atoms with Gasteiger partial charge in [0.15, 0.2) is 0 Å². The highest BCUT2D eigenvalue weighted by molar-refractivity contribution is 9.11. The van der Waals surface area contributed by atoms with Crippen LogP contribution in [-0.2, 0) is 11.3 Å². The average molecular weight is 514 g/mol. The third-order valence-corrected chi connectivity index (χ3v) is 5.25. The van der Waals surface area contributed by atoms with Gasteiger partial charge in [0.1, 0.15) is 5.75 Å². The van der Waals surface area contributed by atoms with Gasteiger partial charge in [0.25, 0.3) is 0 Å². The summed E-state index contributed by atoms with van der Waals surface area (Å²) >= 11 is 7.07. The summed E-state index contributed by atoms with van der Waals surface area (Å²) in [6.45, 7) is 0.575. The molecule has 3 N–H and O–H groups in total. The lowest BCUT2D eigenvalue weighted by molar-refractivity contribution is 0.314. The number of nitrogens with two attached hydrogens (primary N) is 1. The fourth-order valence-electron chi connectivity index (χ4n) is 2.14. The molecule has 0 saturated carbocycles. The van der Waals surface area contributed by atoms with E-state index in [1.165, 1.54) is 6.07 Å². The Morgan fingerprint density at radius 2 is 1.85 bits per heavy atom. The molecule has 0 aliphatic heterocycles. The Labute approximate surface area is 177 Å². The third-order valence-electron chi connectivity index (χ3n) is 3.50. The number of unbranched alkanes of at least 4 members (excludes halogenated alkanes) is 1. The van der Waals surface area contributed by atoms with Gasteiger partial charge in [0, 0.05) is 31.3 Å².